The molecule has 1 aromatic heterocycles. The summed E-state index contributed by atoms with van der Waals surface area (Å²) >= 11 is 0. The van der Waals surface area contributed by atoms with Gasteiger partial charge in [-0.3, -0.25) is 19.8 Å². The minimum Gasteiger partial charge on any atom is -0.351 e. The van der Waals surface area contributed by atoms with Crippen molar-refractivity contribution in [2.24, 2.45) is 0 Å². The van der Waals surface area contributed by atoms with Gasteiger partial charge in [0.25, 0.3) is 17.7 Å². The van der Waals surface area contributed by atoms with Crippen molar-refractivity contribution in [2.45, 2.75) is 25.8 Å². The zero-order valence-electron chi connectivity index (χ0n) is 18.8. The molecule has 3 amide bonds. The van der Waals surface area contributed by atoms with E-state index in [1.54, 1.807) is 19.1 Å². The topological polar surface area (TPSA) is 94.3 Å². The lowest BCUT2D eigenvalue weighted by Gasteiger charge is -2.26. The van der Waals surface area contributed by atoms with Gasteiger partial charge in [0.15, 0.2) is 0 Å². The number of aromatic amines is 1. The number of para-hydroxylation sites is 2. The van der Waals surface area contributed by atoms with Crippen molar-refractivity contribution >= 4 is 34.3 Å². The number of nitrogens with zero attached hydrogens (tertiary/aromatic N) is 1. The molecule has 0 radical (unpaired) electrons. The number of anilines is 1. The van der Waals surface area contributed by atoms with E-state index in [-0.39, 0.29) is 5.91 Å². The minimum atomic E-state index is -0.875. The highest BCUT2D eigenvalue weighted by Gasteiger charge is 2.33. The van der Waals surface area contributed by atoms with Crippen LogP contribution < -0.4 is 15.8 Å². The second-order valence-electron chi connectivity index (χ2n) is 8.44. The summed E-state index contributed by atoms with van der Waals surface area (Å²) < 4.78 is 0. The Kier molecular flexibility index (Phi) is 5.37. The molecule has 3 aromatic carbocycles. The van der Waals surface area contributed by atoms with Gasteiger partial charge in [-0.15, -0.1) is 0 Å². The van der Waals surface area contributed by atoms with Crippen molar-refractivity contribution in [3.63, 3.8) is 0 Å². The van der Waals surface area contributed by atoms with Crippen LogP contribution in [0.15, 0.2) is 78.9 Å². The molecule has 34 heavy (non-hydrogen) atoms. The summed E-state index contributed by atoms with van der Waals surface area (Å²) in [5.74, 6) is -1.60. The highest BCUT2D eigenvalue weighted by atomic mass is 16.2. The summed E-state index contributed by atoms with van der Waals surface area (Å²) in [6.45, 7) is 3.41. The Bertz CT molecular complexity index is 1390. The zero-order chi connectivity index (χ0) is 23.8. The molecule has 2 atom stereocenters. The van der Waals surface area contributed by atoms with Crippen LogP contribution >= 0.6 is 0 Å². The molecule has 170 valence electrons. The lowest BCUT2D eigenvalue weighted by Crippen LogP contribution is -2.54. The molecule has 0 saturated heterocycles. The van der Waals surface area contributed by atoms with E-state index in [0.717, 1.165) is 27.6 Å². The first-order valence-corrected chi connectivity index (χ1v) is 11.2. The van der Waals surface area contributed by atoms with Crippen LogP contribution in [0, 0.1) is 0 Å². The van der Waals surface area contributed by atoms with Crippen molar-refractivity contribution in [1.29, 1.82) is 0 Å². The molecule has 0 bridgehead atoms. The van der Waals surface area contributed by atoms with Crippen LogP contribution in [0.2, 0.25) is 0 Å². The average molecular weight is 453 g/mol. The van der Waals surface area contributed by atoms with E-state index >= 15 is 0 Å². The predicted octanol–water partition coefficient (Wildman–Crippen LogP) is 4.13. The lowest BCUT2D eigenvalue weighted by molar-refractivity contribution is -0.127. The summed E-state index contributed by atoms with van der Waals surface area (Å²) in [7, 11) is 0. The van der Waals surface area contributed by atoms with E-state index in [1.807, 2.05) is 73.7 Å². The van der Waals surface area contributed by atoms with Crippen LogP contribution in [0.5, 0.6) is 0 Å². The molecule has 1 aliphatic heterocycles. The zero-order valence-corrected chi connectivity index (χ0v) is 18.8. The molecule has 5 rings (SSSR count). The maximum Gasteiger partial charge on any atom is 0.268 e. The van der Waals surface area contributed by atoms with Crippen LogP contribution in [0.25, 0.3) is 22.0 Å². The van der Waals surface area contributed by atoms with Crippen molar-refractivity contribution in [3.8, 4) is 11.1 Å². The predicted molar refractivity (Wildman–Crippen MR) is 131 cm³/mol. The number of hydrogen-bond acceptors (Lipinski definition) is 3. The molecule has 3 N–H and O–H groups in total. The number of carbonyl (C=O) groups excluding carboxylic acids is 3. The molecule has 0 aliphatic carbocycles. The molecule has 7 nitrogen and oxygen atoms in total. The third kappa shape index (κ3) is 3.71. The number of carbonyl (C=O) groups is 3. The normalized spacial score (nSPS) is 15.8. The van der Waals surface area contributed by atoms with Gasteiger partial charge in [0.1, 0.15) is 11.7 Å². The quantitative estimate of drug-likeness (QED) is 0.434. The van der Waals surface area contributed by atoms with Crippen LogP contribution in [0.1, 0.15) is 35.8 Å². The van der Waals surface area contributed by atoms with Crippen molar-refractivity contribution < 1.29 is 14.4 Å². The fourth-order valence-corrected chi connectivity index (χ4v) is 4.32. The van der Waals surface area contributed by atoms with Gasteiger partial charge in [0.2, 0.25) is 0 Å². The van der Waals surface area contributed by atoms with Gasteiger partial charge in [-0.1, -0.05) is 60.7 Å². The second kappa shape index (κ2) is 8.51. The Hall–Kier alpha value is -4.39. The number of aromatic nitrogens is 1. The third-order valence-electron chi connectivity index (χ3n) is 6.19. The number of hydrogen-bond donors (Lipinski definition) is 3. The Balaban J connectivity index is 1.38. The number of benzene rings is 3. The molecule has 2 heterocycles. The first kappa shape index (κ1) is 21.5. The van der Waals surface area contributed by atoms with Gasteiger partial charge in [-0.25, -0.2) is 5.01 Å². The summed E-state index contributed by atoms with van der Waals surface area (Å²) in [6, 6.07) is 23.6. The van der Waals surface area contributed by atoms with Crippen molar-refractivity contribution in [3.05, 3.63) is 90.1 Å². The van der Waals surface area contributed by atoms with Gasteiger partial charge in [0, 0.05) is 16.5 Å². The van der Waals surface area contributed by atoms with Crippen LogP contribution in [0.4, 0.5) is 5.69 Å². The van der Waals surface area contributed by atoms with Gasteiger partial charge < -0.3 is 10.3 Å². The molecule has 0 unspecified atom stereocenters. The standard InChI is InChI=1S/C27H24N4O3/c1-16-19-10-4-5-11-20(19)21-12-6-8-14-24(21)31(27(16)34)30-25(32)17(2)28-26(33)23-15-18-9-3-7-13-22(18)29-23/h3-17,29H,1-2H3,(H,28,33)(H,30,32)/t16-,17-/m0/s1. The highest BCUT2D eigenvalue weighted by Crippen LogP contribution is 2.39. The molecule has 0 fully saturated rings. The van der Waals surface area contributed by atoms with E-state index in [2.05, 4.69) is 15.7 Å². The summed E-state index contributed by atoms with van der Waals surface area (Å²) in [5, 5.41) is 4.92. The average Bonchev–Trinajstić information content (AvgIpc) is 3.28. The maximum absolute atomic E-state index is 13.4. The Morgan fingerprint density at radius 3 is 2.41 bits per heavy atom. The number of nitrogens with one attached hydrogen (secondary N) is 3. The summed E-state index contributed by atoms with van der Waals surface area (Å²) in [5.41, 5.74) is 7.23. The smallest absolute Gasteiger partial charge is 0.268 e. The van der Waals surface area contributed by atoms with Crippen LogP contribution in [-0.2, 0) is 9.59 Å². The third-order valence-corrected chi connectivity index (χ3v) is 6.19. The highest BCUT2D eigenvalue weighted by molar-refractivity contribution is 6.07. The first-order chi connectivity index (χ1) is 16.4. The van der Waals surface area contributed by atoms with Crippen molar-refractivity contribution in [1.82, 2.24) is 15.7 Å². The number of H-pyrrole nitrogens is 1. The number of hydrazine groups is 1. The van der Waals surface area contributed by atoms with Crippen LogP contribution in [0.3, 0.4) is 0 Å². The largest absolute Gasteiger partial charge is 0.351 e. The van der Waals surface area contributed by atoms with E-state index in [9.17, 15) is 14.4 Å². The van der Waals surface area contributed by atoms with Crippen molar-refractivity contribution in [2.75, 3.05) is 5.01 Å². The monoisotopic (exact) mass is 452 g/mol. The van der Waals surface area contributed by atoms with Gasteiger partial charge in [-0.2, -0.15) is 0 Å². The molecule has 0 spiro atoms. The minimum absolute atomic E-state index is 0.250. The molecular weight excluding hydrogens is 428 g/mol. The summed E-state index contributed by atoms with van der Waals surface area (Å²) in [4.78, 5) is 42.3. The Morgan fingerprint density at radius 1 is 0.941 bits per heavy atom. The van der Waals surface area contributed by atoms with Gasteiger partial charge in [-0.05, 0) is 43.2 Å². The fourth-order valence-electron chi connectivity index (χ4n) is 4.32. The second-order valence-corrected chi connectivity index (χ2v) is 8.44. The summed E-state index contributed by atoms with van der Waals surface area (Å²) in [6.07, 6.45) is 0. The lowest BCUT2D eigenvalue weighted by atomic mass is 9.92. The Labute approximate surface area is 196 Å². The maximum atomic E-state index is 13.4. The molecule has 0 saturated carbocycles. The SMILES string of the molecule is C[C@H](NC(=O)c1cc2ccccc2[nH]1)C(=O)NN1C(=O)[C@@H](C)c2ccccc2-c2ccccc21. The van der Waals surface area contributed by atoms with E-state index in [0.29, 0.717) is 11.4 Å². The number of fused-ring (bicyclic) bond motifs is 4. The number of rotatable bonds is 4. The van der Waals surface area contributed by atoms with E-state index in [1.165, 1.54) is 5.01 Å². The molecule has 1 aliphatic rings. The van der Waals surface area contributed by atoms with E-state index < -0.39 is 23.8 Å². The first-order valence-electron chi connectivity index (χ1n) is 11.2. The van der Waals surface area contributed by atoms with E-state index in [4.69, 9.17) is 0 Å². The molecular formula is C27H24N4O3. The number of amides is 3. The molecule has 7 heteroatoms. The van der Waals surface area contributed by atoms with Crippen LogP contribution in [-0.4, -0.2) is 28.7 Å². The molecule has 4 aromatic rings. The van der Waals surface area contributed by atoms with Gasteiger partial charge >= 0.3 is 0 Å². The Morgan fingerprint density at radius 2 is 1.62 bits per heavy atom. The fraction of sp³-hybridized carbons (Fsp3) is 0.148. The van der Waals surface area contributed by atoms with Gasteiger partial charge in [0.05, 0.1) is 11.6 Å².